The molecular weight excluding hydrogens is 411 g/mol. The molecule has 6 nitrogen and oxygen atoms in total. The monoisotopic (exact) mass is 435 g/mol. The zero-order chi connectivity index (χ0) is 22.4. The number of amides is 1. The maximum Gasteiger partial charge on any atom is 0.417 e. The molecule has 0 spiro atoms. The number of esters is 1. The van der Waals surface area contributed by atoms with Crippen molar-refractivity contribution in [3.8, 4) is 0 Å². The molecule has 0 unspecified atom stereocenters. The number of anilines is 2. The molecule has 2 aromatic rings. The number of halogens is 3. The average Bonchev–Trinajstić information content (AvgIpc) is 2.77. The van der Waals surface area contributed by atoms with Crippen molar-refractivity contribution in [3.63, 3.8) is 0 Å². The lowest BCUT2D eigenvalue weighted by Gasteiger charge is -2.31. The number of ether oxygens (including phenoxy) is 1. The summed E-state index contributed by atoms with van der Waals surface area (Å²) in [5.41, 5.74) is 0.941. The summed E-state index contributed by atoms with van der Waals surface area (Å²) in [6.07, 6.45) is -1.82. The van der Waals surface area contributed by atoms with E-state index in [1.165, 1.54) is 6.07 Å². The van der Waals surface area contributed by atoms with E-state index in [2.05, 4.69) is 10.3 Å². The Hall–Kier alpha value is -3.10. The van der Waals surface area contributed by atoms with E-state index in [0.29, 0.717) is 37.4 Å². The Morgan fingerprint density at radius 3 is 2.55 bits per heavy atom. The van der Waals surface area contributed by atoms with E-state index in [4.69, 9.17) is 4.74 Å². The average molecular weight is 435 g/mol. The lowest BCUT2D eigenvalue weighted by Crippen LogP contribution is -2.38. The standard InChI is InChI=1S/C22H24F3N3O3/c1-2-15-4-3-5-18(12-15)27-20(29)14-31-21(30)16-8-10-28(11-9-16)19-7-6-17(13-26-19)22(23,24)25/h3-7,12-13,16H,2,8-11,14H2,1H3,(H,27,29). The number of carbonyl (C=O) groups is 2. The molecular formula is C22H24F3N3O3. The molecule has 9 heteroatoms. The highest BCUT2D eigenvalue weighted by atomic mass is 19.4. The zero-order valence-electron chi connectivity index (χ0n) is 17.1. The summed E-state index contributed by atoms with van der Waals surface area (Å²) in [4.78, 5) is 30.1. The van der Waals surface area contributed by atoms with Crippen LogP contribution in [0.15, 0.2) is 42.6 Å². The fourth-order valence-electron chi connectivity index (χ4n) is 3.41. The first-order chi connectivity index (χ1) is 14.8. The van der Waals surface area contributed by atoms with Crippen LogP contribution in [0.4, 0.5) is 24.7 Å². The fraction of sp³-hybridized carbons (Fsp3) is 0.409. The zero-order valence-corrected chi connectivity index (χ0v) is 17.1. The number of rotatable bonds is 6. The molecule has 0 aliphatic carbocycles. The van der Waals surface area contributed by atoms with Crippen LogP contribution < -0.4 is 10.2 Å². The fourth-order valence-corrected chi connectivity index (χ4v) is 3.41. The van der Waals surface area contributed by atoms with E-state index in [1.54, 1.807) is 6.07 Å². The Labute approximate surface area is 178 Å². The van der Waals surface area contributed by atoms with Gasteiger partial charge in [0.05, 0.1) is 11.5 Å². The van der Waals surface area contributed by atoms with Crippen molar-refractivity contribution in [2.24, 2.45) is 5.92 Å². The van der Waals surface area contributed by atoms with Crippen LogP contribution in [0.1, 0.15) is 30.9 Å². The van der Waals surface area contributed by atoms with Crippen LogP contribution in [0.2, 0.25) is 0 Å². The normalized spacial score (nSPS) is 14.9. The summed E-state index contributed by atoms with van der Waals surface area (Å²) in [6.45, 7) is 2.58. The highest BCUT2D eigenvalue weighted by molar-refractivity contribution is 5.93. The molecule has 1 aromatic carbocycles. The van der Waals surface area contributed by atoms with E-state index in [-0.39, 0.29) is 12.5 Å². The maximum absolute atomic E-state index is 12.7. The van der Waals surface area contributed by atoms with Gasteiger partial charge >= 0.3 is 12.1 Å². The summed E-state index contributed by atoms with van der Waals surface area (Å²) in [7, 11) is 0. The van der Waals surface area contributed by atoms with Crippen LogP contribution in [0.25, 0.3) is 0 Å². The van der Waals surface area contributed by atoms with Crippen molar-refractivity contribution in [2.75, 3.05) is 29.9 Å². The predicted molar refractivity (Wildman–Crippen MR) is 110 cm³/mol. The van der Waals surface area contributed by atoms with Crippen LogP contribution in [0, 0.1) is 5.92 Å². The molecule has 0 atom stereocenters. The SMILES string of the molecule is CCc1cccc(NC(=O)COC(=O)C2CCN(c3ccc(C(F)(F)F)cn3)CC2)c1. The van der Waals surface area contributed by atoms with Crippen molar-refractivity contribution >= 4 is 23.4 Å². The number of aromatic nitrogens is 1. The third-order valence-electron chi connectivity index (χ3n) is 5.19. The summed E-state index contributed by atoms with van der Waals surface area (Å²) in [5, 5.41) is 2.71. The van der Waals surface area contributed by atoms with Gasteiger partial charge in [0, 0.05) is 25.0 Å². The molecule has 31 heavy (non-hydrogen) atoms. The number of pyridine rings is 1. The maximum atomic E-state index is 12.7. The van der Waals surface area contributed by atoms with Crippen LogP contribution in [0.3, 0.4) is 0 Å². The number of benzene rings is 1. The Kier molecular flexibility index (Phi) is 7.14. The molecule has 1 aliphatic heterocycles. The second kappa shape index (κ2) is 9.80. The van der Waals surface area contributed by atoms with Gasteiger partial charge in [-0.2, -0.15) is 13.2 Å². The van der Waals surface area contributed by atoms with Crippen LogP contribution in [0.5, 0.6) is 0 Å². The number of alkyl halides is 3. The van der Waals surface area contributed by atoms with Crippen LogP contribution >= 0.6 is 0 Å². The molecule has 166 valence electrons. The van der Waals surface area contributed by atoms with E-state index in [9.17, 15) is 22.8 Å². The largest absolute Gasteiger partial charge is 0.455 e. The lowest BCUT2D eigenvalue weighted by molar-refractivity contribution is -0.152. The van der Waals surface area contributed by atoms with E-state index in [1.807, 2.05) is 30.0 Å². The second-order valence-electron chi connectivity index (χ2n) is 7.37. The predicted octanol–water partition coefficient (Wildman–Crippen LogP) is 4.06. The van der Waals surface area contributed by atoms with Gasteiger partial charge in [0.2, 0.25) is 0 Å². The number of hydrogen-bond donors (Lipinski definition) is 1. The van der Waals surface area contributed by atoms with Gasteiger partial charge in [0.1, 0.15) is 5.82 Å². The number of nitrogens with one attached hydrogen (secondary N) is 1. The molecule has 1 amide bonds. The molecule has 3 rings (SSSR count). The molecule has 2 heterocycles. The minimum absolute atomic E-state index is 0.359. The van der Waals surface area contributed by atoms with Crippen molar-refractivity contribution in [1.29, 1.82) is 0 Å². The Morgan fingerprint density at radius 1 is 1.19 bits per heavy atom. The van der Waals surface area contributed by atoms with Gasteiger partial charge in [0.25, 0.3) is 5.91 Å². The number of hydrogen-bond acceptors (Lipinski definition) is 5. The Morgan fingerprint density at radius 2 is 1.94 bits per heavy atom. The Bertz CT molecular complexity index is 908. The van der Waals surface area contributed by atoms with Crippen molar-refractivity contribution < 1.29 is 27.5 Å². The van der Waals surface area contributed by atoms with Crippen molar-refractivity contribution in [2.45, 2.75) is 32.4 Å². The van der Waals surface area contributed by atoms with Crippen LogP contribution in [-0.4, -0.2) is 36.6 Å². The van der Waals surface area contributed by atoms with Crippen molar-refractivity contribution in [3.05, 3.63) is 53.7 Å². The summed E-state index contributed by atoms with van der Waals surface area (Å²) in [6, 6.07) is 9.77. The number of piperidine rings is 1. The van der Waals surface area contributed by atoms with Gasteiger partial charge in [0.15, 0.2) is 6.61 Å². The summed E-state index contributed by atoms with van der Waals surface area (Å²) >= 11 is 0. The molecule has 1 aliphatic rings. The molecule has 0 saturated carbocycles. The highest BCUT2D eigenvalue weighted by Crippen LogP contribution is 2.30. The van der Waals surface area contributed by atoms with E-state index in [0.717, 1.165) is 24.2 Å². The van der Waals surface area contributed by atoms with E-state index < -0.39 is 23.6 Å². The first kappa shape index (κ1) is 22.6. The first-order valence-electron chi connectivity index (χ1n) is 10.1. The van der Waals surface area contributed by atoms with Gasteiger partial charge in [-0.05, 0) is 49.1 Å². The molecule has 1 saturated heterocycles. The number of aryl methyl sites for hydroxylation is 1. The molecule has 1 fully saturated rings. The van der Waals surface area contributed by atoms with Gasteiger partial charge in [-0.1, -0.05) is 19.1 Å². The van der Waals surface area contributed by atoms with Crippen LogP contribution in [-0.2, 0) is 26.9 Å². The second-order valence-corrected chi connectivity index (χ2v) is 7.37. The van der Waals surface area contributed by atoms with Gasteiger partial charge in [-0.15, -0.1) is 0 Å². The highest BCUT2D eigenvalue weighted by Gasteiger charge is 2.31. The topological polar surface area (TPSA) is 71.5 Å². The van der Waals surface area contributed by atoms with Gasteiger partial charge in [-0.25, -0.2) is 4.98 Å². The molecule has 1 N–H and O–H groups in total. The van der Waals surface area contributed by atoms with Gasteiger partial charge in [-0.3, -0.25) is 9.59 Å². The quantitative estimate of drug-likeness (QED) is 0.693. The number of carbonyl (C=O) groups excluding carboxylic acids is 2. The Balaban J connectivity index is 1.44. The number of nitrogens with zero attached hydrogens (tertiary/aromatic N) is 2. The lowest BCUT2D eigenvalue weighted by atomic mass is 9.97. The smallest absolute Gasteiger partial charge is 0.417 e. The van der Waals surface area contributed by atoms with E-state index >= 15 is 0 Å². The minimum atomic E-state index is -4.42. The van der Waals surface area contributed by atoms with Crippen molar-refractivity contribution in [1.82, 2.24) is 4.98 Å². The third-order valence-corrected chi connectivity index (χ3v) is 5.19. The third kappa shape index (κ3) is 6.19. The van der Waals surface area contributed by atoms with Gasteiger partial charge < -0.3 is 15.0 Å². The summed E-state index contributed by atoms with van der Waals surface area (Å²) in [5.74, 6) is -0.777. The molecule has 0 radical (unpaired) electrons. The summed E-state index contributed by atoms with van der Waals surface area (Å²) < 4.78 is 43.1. The minimum Gasteiger partial charge on any atom is -0.455 e. The molecule has 1 aromatic heterocycles. The molecule has 0 bridgehead atoms. The first-order valence-corrected chi connectivity index (χ1v) is 10.1.